The van der Waals surface area contributed by atoms with Crippen molar-refractivity contribution in [1.29, 1.82) is 0 Å². The molecule has 1 saturated carbocycles. The van der Waals surface area contributed by atoms with E-state index in [0.717, 1.165) is 25.2 Å². The van der Waals surface area contributed by atoms with E-state index < -0.39 is 0 Å². The summed E-state index contributed by atoms with van der Waals surface area (Å²) in [6, 6.07) is 25.8. The van der Waals surface area contributed by atoms with Gasteiger partial charge in [0.25, 0.3) is 0 Å². The van der Waals surface area contributed by atoms with E-state index in [1.807, 2.05) is 12.1 Å². The van der Waals surface area contributed by atoms with Crippen LogP contribution in [0.15, 0.2) is 72.8 Å². The minimum Gasteiger partial charge on any atom is -0.465 e. The molecule has 3 aromatic carbocycles. The summed E-state index contributed by atoms with van der Waals surface area (Å²) >= 11 is 0. The van der Waals surface area contributed by atoms with Crippen molar-refractivity contribution in [2.24, 2.45) is 0 Å². The number of hydrogen-bond acceptors (Lipinski definition) is 3. The van der Waals surface area contributed by atoms with E-state index in [2.05, 4.69) is 70.1 Å². The number of rotatable bonds is 4. The van der Waals surface area contributed by atoms with Crippen molar-refractivity contribution >= 4 is 22.6 Å². The van der Waals surface area contributed by atoms with Gasteiger partial charge in [-0.05, 0) is 48.1 Å². The number of ether oxygens (including phenoxy) is 1. The monoisotopic (exact) mass is 464 g/mol. The number of carbonyl (C=O) groups is 1. The van der Waals surface area contributed by atoms with Gasteiger partial charge in [0.15, 0.2) is 0 Å². The zero-order chi connectivity index (χ0) is 23.8. The number of carbonyl (C=O) groups excluding carboxylic acids is 1. The summed E-state index contributed by atoms with van der Waals surface area (Å²) in [5, 5.41) is 1.30. The number of esters is 1. The van der Waals surface area contributed by atoms with Gasteiger partial charge in [0.2, 0.25) is 0 Å². The highest BCUT2D eigenvalue weighted by molar-refractivity contribution is 6.00. The molecule has 2 heterocycles. The van der Waals surface area contributed by atoms with Crippen molar-refractivity contribution in [2.45, 2.75) is 51.1 Å². The van der Waals surface area contributed by atoms with Gasteiger partial charge in [0.1, 0.15) is 0 Å². The van der Waals surface area contributed by atoms with Gasteiger partial charge in [0, 0.05) is 41.8 Å². The molecule has 4 nitrogen and oxygen atoms in total. The van der Waals surface area contributed by atoms with Crippen LogP contribution in [0.4, 0.5) is 5.69 Å². The first kappa shape index (κ1) is 22.0. The fraction of sp³-hybridized carbons (Fsp3) is 0.323. The molecule has 0 unspecified atom stereocenters. The molecule has 1 aromatic heterocycles. The predicted molar refractivity (Wildman–Crippen MR) is 142 cm³/mol. The molecule has 1 fully saturated rings. The molecule has 0 amide bonds. The minimum absolute atomic E-state index is 0.276. The van der Waals surface area contributed by atoms with Crippen molar-refractivity contribution in [1.82, 2.24) is 4.57 Å². The minimum atomic E-state index is -0.276. The van der Waals surface area contributed by atoms with Crippen molar-refractivity contribution in [2.75, 3.05) is 18.6 Å². The quantitative estimate of drug-likeness (QED) is 0.301. The topological polar surface area (TPSA) is 34.5 Å². The molecule has 0 saturated heterocycles. The van der Waals surface area contributed by atoms with Gasteiger partial charge < -0.3 is 14.2 Å². The molecule has 0 spiro atoms. The van der Waals surface area contributed by atoms with Gasteiger partial charge in [-0.1, -0.05) is 73.9 Å². The van der Waals surface area contributed by atoms with Crippen molar-refractivity contribution in [3.8, 4) is 11.3 Å². The van der Waals surface area contributed by atoms with Gasteiger partial charge in [-0.25, -0.2) is 4.79 Å². The molecule has 1 aliphatic heterocycles. The smallest absolute Gasteiger partial charge is 0.337 e. The van der Waals surface area contributed by atoms with Gasteiger partial charge in [-0.15, -0.1) is 0 Å². The molecular weight excluding hydrogens is 432 g/mol. The molecule has 35 heavy (non-hydrogen) atoms. The van der Waals surface area contributed by atoms with Crippen LogP contribution in [-0.4, -0.2) is 24.2 Å². The van der Waals surface area contributed by atoms with Crippen LogP contribution in [-0.2, 0) is 17.8 Å². The molecule has 178 valence electrons. The Labute approximate surface area is 207 Å². The molecule has 4 heteroatoms. The number of anilines is 1. The Morgan fingerprint density at radius 3 is 2.49 bits per heavy atom. The largest absolute Gasteiger partial charge is 0.465 e. The molecule has 0 N–H and O–H groups in total. The van der Waals surface area contributed by atoms with Crippen LogP contribution < -0.4 is 4.90 Å². The summed E-state index contributed by atoms with van der Waals surface area (Å²) in [7, 11) is 1.45. The molecule has 1 aliphatic carbocycles. The first-order valence-electron chi connectivity index (χ1n) is 12.9. The van der Waals surface area contributed by atoms with Crippen molar-refractivity contribution in [3.63, 3.8) is 0 Å². The lowest BCUT2D eigenvalue weighted by Crippen LogP contribution is -2.25. The number of methoxy groups -OCH3 is 1. The molecule has 6 rings (SSSR count). The van der Waals surface area contributed by atoms with E-state index in [1.165, 1.54) is 72.7 Å². The maximum absolute atomic E-state index is 12.4. The third-order valence-electron chi connectivity index (χ3n) is 7.85. The predicted octanol–water partition coefficient (Wildman–Crippen LogP) is 7.16. The fourth-order valence-corrected chi connectivity index (χ4v) is 6.21. The molecule has 0 radical (unpaired) electrons. The Bertz CT molecular complexity index is 1370. The third-order valence-corrected chi connectivity index (χ3v) is 7.85. The highest BCUT2D eigenvalue weighted by Gasteiger charge is 2.30. The van der Waals surface area contributed by atoms with Crippen LogP contribution in [0.25, 0.3) is 22.2 Å². The van der Waals surface area contributed by atoms with Crippen molar-refractivity contribution in [3.05, 3.63) is 89.5 Å². The van der Waals surface area contributed by atoms with E-state index in [1.54, 1.807) is 0 Å². The van der Waals surface area contributed by atoms with Crippen LogP contribution in [0.3, 0.4) is 0 Å². The molecule has 4 aromatic rings. The van der Waals surface area contributed by atoms with E-state index in [-0.39, 0.29) is 5.97 Å². The summed E-state index contributed by atoms with van der Waals surface area (Å²) < 4.78 is 7.54. The lowest BCUT2D eigenvalue weighted by Gasteiger charge is -2.26. The Hall–Kier alpha value is -3.53. The van der Waals surface area contributed by atoms with Crippen LogP contribution >= 0.6 is 0 Å². The summed E-state index contributed by atoms with van der Waals surface area (Å²) in [5.74, 6) is 0.279. The van der Waals surface area contributed by atoms with Crippen LogP contribution in [0, 0.1) is 0 Å². The zero-order valence-electron chi connectivity index (χ0n) is 20.4. The molecule has 0 bridgehead atoms. The van der Waals surface area contributed by atoms with Crippen LogP contribution in [0.1, 0.15) is 59.5 Å². The van der Waals surface area contributed by atoms with E-state index in [0.29, 0.717) is 11.5 Å². The van der Waals surface area contributed by atoms with E-state index >= 15 is 0 Å². The lowest BCUT2D eigenvalue weighted by atomic mass is 9.81. The first-order chi connectivity index (χ1) is 17.2. The second kappa shape index (κ2) is 9.26. The summed E-state index contributed by atoms with van der Waals surface area (Å²) in [6.45, 7) is 2.67. The van der Waals surface area contributed by atoms with Crippen molar-refractivity contribution < 1.29 is 9.53 Å². The number of para-hydroxylation sites is 1. The van der Waals surface area contributed by atoms with Gasteiger partial charge >= 0.3 is 5.97 Å². The standard InChI is InChI=1S/C31H32N2O2/c1-35-31(34)24-16-17-25-28(20-24)33-19-18-32(21-22-10-4-2-5-11-22)27-15-9-8-14-26(27)30(33)29(25)23-12-6-3-7-13-23/h2,4-5,8-11,14-17,20,23H,3,6-7,12-13,18-19,21H2,1H3. The zero-order valence-corrected chi connectivity index (χ0v) is 20.4. The average Bonchev–Trinajstić information content (AvgIpc) is 3.16. The van der Waals surface area contributed by atoms with Gasteiger partial charge in [-0.3, -0.25) is 0 Å². The number of aromatic nitrogens is 1. The second-order valence-corrected chi connectivity index (χ2v) is 9.90. The molecular formula is C31H32N2O2. The van der Waals surface area contributed by atoms with E-state index in [9.17, 15) is 4.79 Å². The number of fused-ring (bicyclic) bond motifs is 5. The van der Waals surface area contributed by atoms with Gasteiger partial charge in [0.05, 0.1) is 18.4 Å². The van der Waals surface area contributed by atoms with E-state index in [4.69, 9.17) is 4.74 Å². The Morgan fingerprint density at radius 2 is 1.69 bits per heavy atom. The second-order valence-electron chi connectivity index (χ2n) is 9.90. The maximum Gasteiger partial charge on any atom is 0.337 e. The number of hydrogen-bond donors (Lipinski definition) is 0. The average molecular weight is 465 g/mol. The summed E-state index contributed by atoms with van der Waals surface area (Å²) in [5.41, 5.74) is 8.51. The summed E-state index contributed by atoms with van der Waals surface area (Å²) in [4.78, 5) is 14.9. The molecule has 2 aliphatic rings. The Balaban J connectivity index is 1.56. The maximum atomic E-state index is 12.4. The highest BCUT2D eigenvalue weighted by atomic mass is 16.5. The third kappa shape index (κ3) is 3.91. The SMILES string of the molecule is COC(=O)c1ccc2c(C3CCCCC3)c3n(c2c1)CCN(Cc1ccccc1)c1ccccc1-3. The fourth-order valence-electron chi connectivity index (χ4n) is 6.21. The first-order valence-corrected chi connectivity index (χ1v) is 12.9. The molecule has 0 atom stereocenters. The normalized spacial score (nSPS) is 16.0. The summed E-state index contributed by atoms with van der Waals surface area (Å²) in [6.07, 6.45) is 6.39. The Kier molecular flexibility index (Phi) is 5.81. The number of benzene rings is 3. The lowest BCUT2D eigenvalue weighted by molar-refractivity contribution is 0.0601. The highest BCUT2D eigenvalue weighted by Crippen LogP contribution is 2.47. The van der Waals surface area contributed by atoms with Gasteiger partial charge in [-0.2, -0.15) is 0 Å². The van der Waals surface area contributed by atoms with Crippen LogP contribution in [0.5, 0.6) is 0 Å². The van der Waals surface area contributed by atoms with Crippen LogP contribution in [0.2, 0.25) is 0 Å². The Morgan fingerprint density at radius 1 is 0.914 bits per heavy atom. The number of nitrogens with zero attached hydrogens (tertiary/aromatic N) is 2.